The average molecular weight is 265 g/mol. The summed E-state index contributed by atoms with van der Waals surface area (Å²) in [6.07, 6.45) is 6.22. The number of thiocarbonyl (C=S) groups is 1. The van der Waals surface area contributed by atoms with Crippen LogP contribution in [0.3, 0.4) is 0 Å². The zero-order valence-corrected chi connectivity index (χ0v) is 12.0. The van der Waals surface area contributed by atoms with Crippen LogP contribution in [0, 0.1) is 0 Å². The SMILES string of the molecule is CCN1C(=S)N(C)C(=O)/C1=C/C=C1\CCCN1C. The molecule has 2 fully saturated rings. The van der Waals surface area contributed by atoms with Crippen molar-refractivity contribution >= 4 is 23.2 Å². The van der Waals surface area contributed by atoms with Crippen molar-refractivity contribution in [3.05, 3.63) is 23.5 Å². The first-order valence-electron chi connectivity index (χ1n) is 6.27. The lowest BCUT2D eigenvalue weighted by atomic mass is 10.2. The van der Waals surface area contributed by atoms with E-state index in [2.05, 4.69) is 11.9 Å². The minimum Gasteiger partial charge on any atom is -0.378 e. The fourth-order valence-corrected chi connectivity index (χ4v) is 2.65. The van der Waals surface area contributed by atoms with Crippen LogP contribution in [0.15, 0.2) is 23.5 Å². The van der Waals surface area contributed by atoms with E-state index in [-0.39, 0.29) is 5.91 Å². The number of carbonyl (C=O) groups is 1. The van der Waals surface area contributed by atoms with Gasteiger partial charge < -0.3 is 9.80 Å². The Morgan fingerprint density at radius 2 is 2.06 bits per heavy atom. The average Bonchev–Trinajstić information content (AvgIpc) is 2.85. The van der Waals surface area contributed by atoms with Crippen molar-refractivity contribution in [2.24, 2.45) is 0 Å². The zero-order chi connectivity index (χ0) is 13.3. The Morgan fingerprint density at radius 3 is 2.61 bits per heavy atom. The third-order valence-electron chi connectivity index (χ3n) is 3.50. The molecule has 0 bridgehead atoms. The standard InChI is InChI=1S/C13H19N3OS/c1-4-16-11(12(17)15(3)13(16)18)8-7-10-6-5-9-14(10)2/h7-8H,4-6,9H2,1-3H3/b10-7+,11-8-. The maximum atomic E-state index is 12.1. The number of nitrogens with zero attached hydrogens (tertiary/aromatic N) is 3. The topological polar surface area (TPSA) is 26.8 Å². The van der Waals surface area contributed by atoms with Gasteiger partial charge in [0.05, 0.1) is 0 Å². The van der Waals surface area contributed by atoms with Gasteiger partial charge in [-0.3, -0.25) is 9.69 Å². The summed E-state index contributed by atoms with van der Waals surface area (Å²) in [6.45, 7) is 3.82. The maximum Gasteiger partial charge on any atom is 0.276 e. The van der Waals surface area contributed by atoms with Crippen molar-refractivity contribution in [2.75, 3.05) is 27.2 Å². The molecular weight excluding hydrogens is 246 g/mol. The van der Waals surface area contributed by atoms with Crippen molar-refractivity contribution in [3.8, 4) is 0 Å². The van der Waals surface area contributed by atoms with Crippen molar-refractivity contribution in [1.29, 1.82) is 0 Å². The van der Waals surface area contributed by atoms with Crippen LogP contribution in [0.4, 0.5) is 0 Å². The molecule has 98 valence electrons. The Labute approximate surface area is 114 Å². The Bertz CT molecular complexity index is 442. The molecule has 0 aromatic heterocycles. The molecule has 0 radical (unpaired) electrons. The molecule has 0 spiro atoms. The smallest absolute Gasteiger partial charge is 0.276 e. The third-order valence-corrected chi connectivity index (χ3v) is 3.99. The van der Waals surface area contributed by atoms with Gasteiger partial charge in [0.25, 0.3) is 5.91 Å². The molecule has 0 saturated carbocycles. The summed E-state index contributed by atoms with van der Waals surface area (Å²) in [7, 11) is 3.81. The molecular formula is C13H19N3OS. The van der Waals surface area contributed by atoms with Gasteiger partial charge in [-0.25, -0.2) is 0 Å². The Kier molecular flexibility index (Phi) is 3.71. The minimum absolute atomic E-state index is 0.0145. The quantitative estimate of drug-likeness (QED) is 0.559. The molecule has 2 aliphatic rings. The first-order chi connectivity index (χ1) is 8.56. The predicted octanol–water partition coefficient (Wildman–Crippen LogP) is 1.56. The molecule has 0 atom stereocenters. The van der Waals surface area contributed by atoms with Crippen molar-refractivity contribution < 1.29 is 4.79 Å². The fraction of sp³-hybridized carbons (Fsp3) is 0.538. The van der Waals surface area contributed by atoms with Crippen molar-refractivity contribution in [1.82, 2.24) is 14.7 Å². The summed E-state index contributed by atoms with van der Waals surface area (Å²) < 4.78 is 0. The summed E-state index contributed by atoms with van der Waals surface area (Å²) in [4.78, 5) is 17.7. The van der Waals surface area contributed by atoms with Gasteiger partial charge in [0.1, 0.15) is 5.70 Å². The molecule has 2 rings (SSSR count). The summed E-state index contributed by atoms with van der Waals surface area (Å²) in [5.74, 6) is -0.0145. The van der Waals surface area contributed by atoms with Crippen molar-refractivity contribution in [2.45, 2.75) is 19.8 Å². The van der Waals surface area contributed by atoms with E-state index in [9.17, 15) is 4.79 Å². The van der Waals surface area contributed by atoms with Gasteiger partial charge >= 0.3 is 0 Å². The highest BCUT2D eigenvalue weighted by Gasteiger charge is 2.33. The van der Waals surface area contributed by atoms with Gasteiger partial charge in [-0.2, -0.15) is 0 Å². The number of likely N-dealkylation sites (N-methyl/N-ethyl adjacent to an activating group) is 2. The van der Waals surface area contributed by atoms with Crippen LogP contribution < -0.4 is 0 Å². The Morgan fingerprint density at radius 1 is 1.33 bits per heavy atom. The molecule has 2 heterocycles. The van der Waals surface area contributed by atoms with Crippen molar-refractivity contribution in [3.63, 3.8) is 0 Å². The minimum atomic E-state index is -0.0145. The number of amides is 1. The summed E-state index contributed by atoms with van der Waals surface area (Å²) in [6, 6.07) is 0. The lowest BCUT2D eigenvalue weighted by Crippen LogP contribution is -2.29. The van der Waals surface area contributed by atoms with E-state index >= 15 is 0 Å². The molecule has 0 aromatic carbocycles. The second-order valence-electron chi connectivity index (χ2n) is 4.63. The molecule has 0 aromatic rings. The highest BCUT2D eigenvalue weighted by atomic mass is 32.1. The van der Waals surface area contributed by atoms with E-state index in [0.717, 1.165) is 19.5 Å². The zero-order valence-electron chi connectivity index (χ0n) is 11.1. The molecule has 0 aliphatic carbocycles. The van der Waals surface area contributed by atoms with E-state index < -0.39 is 0 Å². The number of likely N-dealkylation sites (tertiary alicyclic amines) is 1. The van der Waals surface area contributed by atoms with Crippen LogP contribution in [0.2, 0.25) is 0 Å². The summed E-state index contributed by atoms with van der Waals surface area (Å²) in [5.41, 5.74) is 1.96. The highest BCUT2D eigenvalue weighted by Crippen LogP contribution is 2.22. The Hall–Kier alpha value is -1.36. The Balaban J connectivity index is 2.26. The largest absolute Gasteiger partial charge is 0.378 e. The van der Waals surface area contributed by atoms with Gasteiger partial charge in [0.15, 0.2) is 5.11 Å². The maximum absolute atomic E-state index is 12.1. The number of carbonyl (C=O) groups excluding carboxylic acids is 1. The second-order valence-corrected chi connectivity index (χ2v) is 4.99. The first-order valence-corrected chi connectivity index (χ1v) is 6.68. The van der Waals surface area contributed by atoms with Crippen LogP contribution in [0.5, 0.6) is 0 Å². The van der Waals surface area contributed by atoms with Gasteiger partial charge in [0, 0.05) is 32.9 Å². The lowest BCUT2D eigenvalue weighted by molar-refractivity contribution is -0.121. The number of rotatable bonds is 2. The van der Waals surface area contributed by atoms with Crippen LogP contribution in [-0.2, 0) is 4.79 Å². The van der Waals surface area contributed by atoms with Crippen LogP contribution in [0.1, 0.15) is 19.8 Å². The normalized spacial score (nSPS) is 25.2. The molecule has 2 aliphatic heterocycles. The van der Waals surface area contributed by atoms with E-state index in [4.69, 9.17) is 12.2 Å². The molecule has 18 heavy (non-hydrogen) atoms. The summed E-state index contributed by atoms with van der Waals surface area (Å²) in [5, 5.41) is 0.590. The van der Waals surface area contributed by atoms with Crippen LogP contribution >= 0.6 is 12.2 Å². The van der Waals surface area contributed by atoms with E-state index in [1.54, 1.807) is 7.05 Å². The molecule has 0 unspecified atom stereocenters. The van der Waals surface area contributed by atoms with Gasteiger partial charge in [-0.15, -0.1) is 0 Å². The van der Waals surface area contributed by atoms with E-state index in [0.29, 0.717) is 10.8 Å². The number of allylic oxidation sites excluding steroid dienone is 3. The molecule has 4 nitrogen and oxygen atoms in total. The van der Waals surface area contributed by atoms with E-state index in [1.165, 1.54) is 17.0 Å². The summed E-state index contributed by atoms with van der Waals surface area (Å²) >= 11 is 5.25. The third kappa shape index (κ3) is 2.14. The monoisotopic (exact) mass is 265 g/mol. The van der Waals surface area contributed by atoms with Crippen LogP contribution in [-0.4, -0.2) is 52.9 Å². The molecule has 1 amide bonds. The predicted molar refractivity (Wildman–Crippen MR) is 75.8 cm³/mol. The lowest BCUT2D eigenvalue weighted by Gasteiger charge is -2.15. The number of hydrogen-bond acceptors (Lipinski definition) is 3. The number of hydrogen-bond donors (Lipinski definition) is 0. The fourth-order valence-electron chi connectivity index (χ4n) is 2.34. The highest BCUT2D eigenvalue weighted by molar-refractivity contribution is 7.80. The first kappa shape index (κ1) is 13.1. The molecule has 0 N–H and O–H groups in total. The molecule has 5 heteroatoms. The van der Waals surface area contributed by atoms with Gasteiger partial charge in [-0.1, -0.05) is 0 Å². The van der Waals surface area contributed by atoms with Gasteiger partial charge in [-0.05, 0) is 44.1 Å². The second kappa shape index (κ2) is 5.10. The van der Waals surface area contributed by atoms with Crippen LogP contribution in [0.25, 0.3) is 0 Å². The molecule has 2 saturated heterocycles. The van der Waals surface area contributed by atoms with E-state index in [1.807, 2.05) is 24.0 Å². The van der Waals surface area contributed by atoms with Gasteiger partial charge in [0.2, 0.25) is 0 Å².